The van der Waals surface area contributed by atoms with E-state index in [1.807, 2.05) is 20.8 Å². The second kappa shape index (κ2) is 16.5. The van der Waals surface area contributed by atoms with Gasteiger partial charge in [-0.05, 0) is 44.9 Å². The Morgan fingerprint density at radius 3 is 2.27 bits per heavy atom. The van der Waals surface area contributed by atoms with Gasteiger partial charge in [-0.15, -0.1) is 0 Å². The summed E-state index contributed by atoms with van der Waals surface area (Å²) in [5, 5.41) is 8.09. The van der Waals surface area contributed by atoms with E-state index in [2.05, 4.69) is 16.0 Å². The van der Waals surface area contributed by atoms with E-state index in [1.165, 1.54) is 12.2 Å². The van der Waals surface area contributed by atoms with Crippen molar-refractivity contribution < 1.29 is 30.1 Å². The maximum atomic E-state index is 13.2. The summed E-state index contributed by atoms with van der Waals surface area (Å²) in [7, 11) is 0. The van der Waals surface area contributed by atoms with E-state index in [4.69, 9.17) is 7.10 Å². The summed E-state index contributed by atoms with van der Waals surface area (Å²) in [5.74, 6) is -2.37. The molecule has 3 atom stereocenters. The number of imide groups is 1. The van der Waals surface area contributed by atoms with E-state index in [1.54, 1.807) is 0 Å². The number of amides is 6. The molecule has 1 aliphatic heterocycles. The first-order chi connectivity index (χ1) is 18.0. The van der Waals surface area contributed by atoms with Crippen LogP contribution in [-0.2, 0) is 24.0 Å². The molecule has 0 aromatic heterocycles. The molecular weight excluding hydrogens is 478 g/mol. The van der Waals surface area contributed by atoms with Gasteiger partial charge in [0.2, 0.25) is 11.8 Å². The summed E-state index contributed by atoms with van der Waals surface area (Å²) in [6.45, 7) is 6.10. The quantitative estimate of drug-likeness (QED) is 0.157. The van der Waals surface area contributed by atoms with E-state index < -0.39 is 18.0 Å². The minimum absolute atomic E-state index is 0.0261. The molecule has 37 heavy (non-hydrogen) atoms. The second-order valence-electron chi connectivity index (χ2n) is 9.68. The average Bonchev–Trinajstić information content (AvgIpc) is 3.18. The van der Waals surface area contributed by atoms with Crippen LogP contribution < -0.4 is 21.7 Å². The number of nitrogens with one attached hydrogen (secondary N) is 3. The molecule has 0 aliphatic carbocycles. The van der Waals surface area contributed by atoms with Crippen molar-refractivity contribution >= 4 is 35.4 Å². The van der Waals surface area contributed by atoms with Crippen LogP contribution in [0.25, 0.3) is 0 Å². The number of nitrogens with two attached hydrogens (primary N) is 1. The summed E-state index contributed by atoms with van der Waals surface area (Å²) in [5.41, 5.74) is 5.09. The fourth-order valence-corrected chi connectivity index (χ4v) is 3.93. The van der Waals surface area contributed by atoms with Crippen molar-refractivity contribution in [3.8, 4) is 0 Å². The molecule has 6 amide bonds. The maximum Gasteiger partial charge on any atom is 0.312 e. The first-order valence-corrected chi connectivity index (χ1v) is 13.0. The lowest BCUT2D eigenvalue weighted by Crippen LogP contribution is -2.46. The van der Waals surface area contributed by atoms with Gasteiger partial charge in [0.1, 0.15) is 0 Å². The van der Waals surface area contributed by atoms with Crippen molar-refractivity contribution in [2.24, 2.45) is 17.6 Å². The van der Waals surface area contributed by atoms with Crippen molar-refractivity contribution in [1.29, 1.82) is 0 Å². The van der Waals surface area contributed by atoms with Gasteiger partial charge in [0.15, 0.2) is 5.78 Å². The molecule has 0 spiro atoms. The topological polar surface area (TPSA) is 168 Å². The molecule has 0 aromatic rings. The van der Waals surface area contributed by atoms with Crippen LogP contribution in [-0.4, -0.2) is 65.5 Å². The van der Waals surface area contributed by atoms with E-state index in [0.29, 0.717) is 45.1 Å². The number of rotatable bonds is 18. The number of Topliss-reactive ketones (excluding diaryl/α,β-unsaturated/α-hetero) is 1. The summed E-state index contributed by atoms with van der Waals surface area (Å²) < 4.78 is 7.57. The Labute approximate surface area is 220 Å². The van der Waals surface area contributed by atoms with Crippen LogP contribution in [0.3, 0.4) is 0 Å². The summed E-state index contributed by atoms with van der Waals surface area (Å²) >= 11 is 0. The molecule has 0 bridgehead atoms. The van der Waals surface area contributed by atoms with Gasteiger partial charge < -0.3 is 21.7 Å². The Morgan fingerprint density at radius 2 is 1.70 bits per heavy atom. The van der Waals surface area contributed by atoms with Crippen LogP contribution in [0, 0.1) is 11.8 Å². The second-order valence-corrected chi connectivity index (χ2v) is 9.68. The zero-order chi connectivity index (χ0) is 28.7. The molecule has 1 aliphatic rings. The number of carbonyl (C=O) groups excluding carboxylic acids is 6. The average molecular weight is 523 g/mol. The van der Waals surface area contributed by atoms with Crippen molar-refractivity contribution in [3.05, 3.63) is 12.2 Å². The third-order valence-corrected chi connectivity index (χ3v) is 6.20. The summed E-state index contributed by atoms with van der Waals surface area (Å²) in [4.78, 5) is 73.9. The van der Waals surface area contributed by atoms with Gasteiger partial charge in [0.25, 0.3) is 11.8 Å². The Morgan fingerprint density at radius 1 is 1.03 bits per heavy atom. The maximum absolute atomic E-state index is 13.2. The van der Waals surface area contributed by atoms with Gasteiger partial charge in [-0.3, -0.25) is 28.9 Å². The van der Waals surface area contributed by atoms with E-state index >= 15 is 0 Å². The van der Waals surface area contributed by atoms with E-state index in [9.17, 15) is 28.8 Å². The molecule has 0 saturated heterocycles. The lowest BCUT2D eigenvalue weighted by Gasteiger charge is -2.25. The van der Waals surface area contributed by atoms with Gasteiger partial charge in [0.05, 0.1) is 6.04 Å². The number of nitrogens with zero attached hydrogens (tertiary/aromatic N) is 1. The van der Waals surface area contributed by atoms with Crippen LogP contribution in [0.4, 0.5) is 4.79 Å². The number of urea groups is 1. The lowest BCUT2D eigenvalue weighted by molar-refractivity contribution is -0.137. The predicted octanol–water partition coefficient (Wildman–Crippen LogP) is 1.55. The highest BCUT2D eigenvalue weighted by atomic mass is 16.2. The monoisotopic (exact) mass is 522 g/mol. The van der Waals surface area contributed by atoms with Crippen molar-refractivity contribution in [1.82, 2.24) is 20.9 Å². The molecule has 1 heterocycles. The van der Waals surface area contributed by atoms with Crippen LogP contribution in [0.1, 0.15) is 80.4 Å². The summed E-state index contributed by atoms with van der Waals surface area (Å²) in [6.07, 6.45) is 5.72. The van der Waals surface area contributed by atoms with Crippen LogP contribution in [0.15, 0.2) is 12.2 Å². The van der Waals surface area contributed by atoms with Crippen LogP contribution in [0.2, 0.25) is 0 Å². The molecule has 5 N–H and O–H groups in total. The van der Waals surface area contributed by atoms with Gasteiger partial charge in [-0.25, -0.2) is 4.79 Å². The Bertz CT molecular complexity index is 856. The lowest BCUT2D eigenvalue weighted by atomic mass is 9.89. The zero-order valence-electron chi connectivity index (χ0n) is 23.2. The Hall–Kier alpha value is -3.24. The zero-order valence-corrected chi connectivity index (χ0v) is 22.2. The minimum Gasteiger partial charge on any atom is -0.353 e. The normalized spacial score (nSPS) is 15.8. The fraction of sp³-hybridized carbons (Fsp3) is 0.692. The highest BCUT2D eigenvalue weighted by Crippen LogP contribution is 2.17. The SMILES string of the molecule is [2H]C[C@@H](CC)NC(=O)C(CCCNC(N)=O)CC(=O)[C@@H](NC(=O)CCCCCN1C(=O)C=CC1=O)C(C)C. The molecule has 208 valence electrons. The molecule has 0 radical (unpaired) electrons. The number of ketones is 1. The third kappa shape index (κ3) is 12.0. The smallest absolute Gasteiger partial charge is 0.312 e. The summed E-state index contributed by atoms with van der Waals surface area (Å²) in [6, 6.07) is -1.74. The number of carbonyl (C=O) groups is 6. The van der Waals surface area contributed by atoms with E-state index in [-0.39, 0.29) is 67.7 Å². The molecule has 1 unspecified atom stereocenters. The predicted molar refractivity (Wildman–Crippen MR) is 139 cm³/mol. The van der Waals surface area contributed by atoms with Crippen molar-refractivity contribution in [2.45, 2.75) is 91.1 Å². The van der Waals surface area contributed by atoms with Gasteiger partial charge >= 0.3 is 6.03 Å². The highest BCUT2D eigenvalue weighted by Gasteiger charge is 2.29. The van der Waals surface area contributed by atoms with Gasteiger partial charge in [-0.2, -0.15) is 0 Å². The third-order valence-electron chi connectivity index (χ3n) is 6.20. The van der Waals surface area contributed by atoms with Crippen molar-refractivity contribution in [3.63, 3.8) is 0 Å². The number of primary amides is 1. The highest BCUT2D eigenvalue weighted by molar-refractivity contribution is 6.12. The van der Waals surface area contributed by atoms with Crippen molar-refractivity contribution in [2.75, 3.05) is 13.1 Å². The molecule has 0 saturated carbocycles. The number of unbranched alkanes of at least 4 members (excludes halogenated alkanes) is 2. The number of hydrogen-bond acceptors (Lipinski definition) is 6. The molecule has 11 nitrogen and oxygen atoms in total. The first-order valence-electron chi connectivity index (χ1n) is 13.7. The Balaban J connectivity index is 2.63. The van der Waals surface area contributed by atoms with Crippen LogP contribution in [0.5, 0.6) is 0 Å². The largest absolute Gasteiger partial charge is 0.353 e. The standard InChI is InChI=1S/C26H43N5O6/c1-5-18(4)29-25(36)19(10-9-14-28-26(27)37)16-20(32)24(17(2)3)30-21(33)11-7-6-8-15-31-22(34)12-13-23(31)35/h12-13,17-19,24H,5-11,14-16H2,1-4H3,(H,29,36)(H,30,33)(H3,27,28,37)/t18-,19?,24-/m0/s1/i4D. The Kier molecular flexibility index (Phi) is 13.4. The van der Waals surface area contributed by atoms with Crippen LogP contribution >= 0.6 is 0 Å². The molecule has 1 rings (SSSR count). The first kappa shape index (κ1) is 30.0. The minimum atomic E-state index is -0.759. The molecule has 11 heteroatoms. The van der Waals surface area contributed by atoms with E-state index in [0.717, 1.165) is 4.90 Å². The fourth-order valence-electron chi connectivity index (χ4n) is 3.93. The van der Waals surface area contributed by atoms with Gasteiger partial charge in [-0.1, -0.05) is 27.2 Å². The molecule has 0 aromatic carbocycles. The molecule has 0 fully saturated rings. The molecular formula is C26H43N5O6. The number of hydrogen-bond donors (Lipinski definition) is 4. The van der Waals surface area contributed by atoms with Gasteiger partial charge in [0, 0.05) is 51.4 Å².